The topological polar surface area (TPSA) is 62.4 Å². The summed E-state index contributed by atoms with van der Waals surface area (Å²) in [6, 6.07) is 12.5. The summed E-state index contributed by atoms with van der Waals surface area (Å²) in [7, 11) is 1.48. The van der Waals surface area contributed by atoms with E-state index in [9.17, 15) is 4.79 Å². The first-order valence-corrected chi connectivity index (χ1v) is 7.56. The Morgan fingerprint density at radius 1 is 1.17 bits per heavy atom. The molecule has 2 aromatic rings. The fourth-order valence-corrected chi connectivity index (χ4v) is 2.24. The minimum atomic E-state index is -0.404. The predicted octanol–water partition coefficient (Wildman–Crippen LogP) is 3.29. The van der Waals surface area contributed by atoms with E-state index in [-0.39, 0.29) is 5.11 Å². The molecule has 0 heterocycles. The van der Waals surface area contributed by atoms with Gasteiger partial charge >= 0.3 is 0 Å². The van der Waals surface area contributed by atoms with Crippen LogP contribution in [0.4, 0.5) is 5.69 Å². The number of hydrazine groups is 1. The molecule has 0 aliphatic heterocycles. The molecule has 1 amide bonds. The minimum Gasteiger partial charge on any atom is -0.496 e. The van der Waals surface area contributed by atoms with Gasteiger partial charge in [0.15, 0.2) is 5.11 Å². The monoisotopic (exact) mass is 349 g/mol. The zero-order valence-electron chi connectivity index (χ0n) is 12.6. The summed E-state index contributed by atoms with van der Waals surface area (Å²) in [5.41, 5.74) is 7.37. The molecule has 23 heavy (non-hydrogen) atoms. The molecule has 0 aliphatic rings. The SMILES string of the molecule is COc1ccc(Cl)cc1C(=O)NNC(=S)Nc1ccccc1C. The van der Waals surface area contributed by atoms with Crippen molar-refractivity contribution in [2.75, 3.05) is 12.4 Å². The maximum absolute atomic E-state index is 12.2. The summed E-state index contributed by atoms with van der Waals surface area (Å²) < 4.78 is 5.14. The highest BCUT2D eigenvalue weighted by atomic mass is 35.5. The number of amides is 1. The first kappa shape index (κ1) is 17.1. The third-order valence-electron chi connectivity index (χ3n) is 3.09. The fraction of sp³-hybridized carbons (Fsp3) is 0.125. The molecular weight excluding hydrogens is 334 g/mol. The van der Waals surface area contributed by atoms with E-state index in [0.29, 0.717) is 16.3 Å². The van der Waals surface area contributed by atoms with E-state index < -0.39 is 5.91 Å². The summed E-state index contributed by atoms with van der Waals surface area (Å²) in [4.78, 5) is 12.2. The second-order valence-corrected chi connectivity index (χ2v) is 5.54. The number of carbonyl (C=O) groups is 1. The van der Waals surface area contributed by atoms with Gasteiger partial charge in [-0.2, -0.15) is 0 Å². The van der Waals surface area contributed by atoms with Crippen LogP contribution >= 0.6 is 23.8 Å². The zero-order valence-corrected chi connectivity index (χ0v) is 14.2. The molecule has 2 aromatic carbocycles. The van der Waals surface area contributed by atoms with Crippen LogP contribution in [0.1, 0.15) is 15.9 Å². The molecule has 0 atom stereocenters. The number of nitrogens with one attached hydrogen (secondary N) is 3. The molecule has 3 N–H and O–H groups in total. The standard InChI is InChI=1S/C16H16ClN3O2S/c1-10-5-3-4-6-13(10)18-16(23)20-19-15(21)12-9-11(17)7-8-14(12)22-2/h3-9H,1-2H3,(H,19,21)(H2,18,20,23). The Hall–Kier alpha value is -2.31. The number of halogens is 1. The first-order chi connectivity index (χ1) is 11.0. The van der Waals surface area contributed by atoms with Crippen molar-refractivity contribution < 1.29 is 9.53 Å². The Morgan fingerprint density at radius 2 is 1.91 bits per heavy atom. The van der Waals surface area contributed by atoms with Crippen molar-refractivity contribution in [3.05, 3.63) is 58.6 Å². The second kappa shape index (κ2) is 7.80. The summed E-state index contributed by atoms with van der Waals surface area (Å²) in [6.07, 6.45) is 0. The number of aryl methyl sites for hydroxylation is 1. The Kier molecular flexibility index (Phi) is 5.78. The highest BCUT2D eigenvalue weighted by Crippen LogP contribution is 2.22. The Bertz CT molecular complexity index is 737. The van der Waals surface area contributed by atoms with Gasteiger partial charge in [-0.25, -0.2) is 0 Å². The number of para-hydroxylation sites is 1. The van der Waals surface area contributed by atoms with E-state index in [2.05, 4.69) is 16.2 Å². The molecule has 0 radical (unpaired) electrons. The van der Waals surface area contributed by atoms with Crippen molar-refractivity contribution in [3.8, 4) is 5.75 Å². The molecule has 0 saturated carbocycles. The molecule has 0 spiro atoms. The van der Waals surface area contributed by atoms with Crippen LogP contribution in [0.2, 0.25) is 5.02 Å². The summed E-state index contributed by atoms with van der Waals surface area (Å²) in [5, 5.41) is 3.72. The maximum atomic E-state index is 12.2. The molecular formula is C16H16ClN3O2S. The van der Waals surface area contributed by atoms with E-state index in [1.54, 1.807) is 12.1 Å². The molecule has 5 nitrogen and oxygen atoms in total. The van der Waals surface area contributed by atoms with Gasteiger partial charge in [0, 0.05) is 10.7 Å². The third-order valence-corrected chi connectivity index (χ3v) is 3.53. The number of ether oxygens (including phenoxy) is 1. The molecule has 0 bridgehead atoms. The average molecular weight is 350 g/mol. The normalized spacial score (nSPS) is 9.87. The second-order valence-electron chi connectivity index (χ2n) is 4.69. The van der Waals surface area contributed by atoms with E-state index >= 15 is 0 Å². The van der Waals surface area contributed by atoms with Crippen LogP contribution in [0.3, 0.4) is 0 Å². The first-order valence-electron chi connectivity index (χ1n) is 6.77. The molecule has 0 unspecified atom stereocenters. The number of carbonyl (C=O) groups excluding carboxylic acids is 1. The lowest BCUT2D eigenvalue weighted by molar-refractivity contribution is 0.0941. The quantitative estimate of drug-likeness (QED) is 0.586. The highest BCUT2D eigenvalue weighted by Gasteiger charge is 2.13. The Morgan fingerprint density at radius 3 is 2.61 bits per heavy atom. The van der Waals surface area contributed by atoms with Gasteiger partial charge in [-0.05, 0) is 49.0 Å². The van der Waals surface area contributed by atoms with Crippen LogP contribution in [0, 0.1) is 6.92 Å². The lowest BCUT2D eigenvalue weighted by Gasteiger charge is -2.14. The van der Waals surface area contributed by atoms with Crippen molar-refractivity contribution >= 4 is 40.5 Å². The van der Waals surface area contributed by atoms with Gasteiger partial charge in [-0.3, -0.25) is 15.6 Å². The average Bonchev–Trinajstić information content (AvgIpc) is 2.54. The molecule has 0 fully saturated rings. The predicted molar refractivity (Wildman–Crippen MR) is 96.0 cm³/mol. The van der Waals surface area contributed by atoms with Gasteiger partial charge in [0.2, 0.25) is 0 Å². The maximum Gasteiger partial charge on any atom is 0.273 e. The van der Waals surface area contributed by atoms with E-state index in [4.69, 9.17) is 28.6 Å². The molecule has 0 saturated heterocycles. The van der Waals surface area contributed by atoms with Crippen molar-refractivity contribution in [2.24, 2.45) is 0 Å². The lowest BCUT2D eigenvalue weighted by Crippen LogP contribution is -2.43. The summed E-state index contributed by atoms with van der Waals surface area (Å²) >= 11 is 11.1. The van der Waals surface area contributed by atoms with Crippen LogP contribution < -0.4 is 20.9 Å². The van der Waals surface area contributed by atoms with Crippen molar-refractivity contribution in [1.29, 1.82) is 0 Å². The van der Waals surface area contributed by atoms with Crippen molar-refractivity contribution in [3.63, 3.8) is 0 Å². The molecule has 0 aromatic heterocycles. The van der Waals surface area contributed by atoms with Crippen LogP contribution in [-0.2, 0) is 0 Å². The van der Waals surface area contributed by atoms with Crippen LogP contribution in [0.5, 0.6) is 5.75 Å². The number of hydrogen-bond acceptors (Lipinski definition) is 3. The van der Waals surface area contributed by atoms with Crippen molar-refractivity contribution in [1.82, 2.24) is 10.9 Å². The van der Waals surface area contributed by atoms with E-state index in [1.807, 2.05) is 31.2 Å². The fourth-order valence-electron chi connectivity index (χ4n) is 1.91. The van der Waals surface area contributed by atoms with Crippen molar-refractivity contribution in [2.45, 2.75) is 6.92 Å². The van der Waals surface area contributed by atoms with Gasteiger partial charge < -0.3 is 10.1 Å². The molecule has 0 aliphatic carbocycles. The molecule has 7 heteroatoms. The third kappa shape index (κ3) is 4.58. The van der Waals surface area contributed by atoms with Crippen LogP contribution in [-0.4, -0.2) is 18.1 Å². The van der Waals surface area contributed by atoms with Gasteiger partial charge in [0.05, 0.1) is 12.7 Å². The number of methoxy groups -OCH3 is 1. The number of thiocarbonyl (C=S) groups is 1. The summed E-state index contributed by atoms with van der Waals surface area (Å²) in [5.74, 6) is 0.0183. The minimum absolute atomic E-state index is 0.272. The van der Waals surface area contributed by atoms with E-state index in [1.165, 1.54) is 13.2 Å². The molecule has 2 rings (SSSR count). The number of rotatable bonds is 3. The van der Waals surface area contributed by atoms with Gasteiger partial charge in [0.1, 0.15) is 5.75 Å². The smallest absolute Gasteiger partial charge is 0.273 e. The van der Waals surface area contributed by atoms with Crippen LogP contribution in [0.15, 0.2) is 42.5 Å². The number of anilines is 1. The Labute approximate surface area is 145 Å². The highest BCUT2D eigenvalue weighted by molar-refractivity contribution is 7.80. The molecule has 120 valence electrons. The number of hydrogen-bond donors (Lipinski definition) is 3. The zero-order chi connectivity index (χ0) is 16.8. The number of benzene rings is 2. The Balaban J connectivity index is 1.98. The lowest BCUT2D eigenvalue weighted by atomic mass is 10.2. The van der Waals surface area contributed by atoms with Crippen LogP contribution in [0.25, 0.3) is 0 Å². The van der Waals surface area contributed by atoms with Gasteiger partial charge in [0.25, 0.3) is 5.91 Å². The largest absolute Gasteiger partial charge is 0.496 e. The van der Waals surface area contributed by atoms with Gasteiger partial charge in [-0.15, -0.1) is 0 Å². The van der Waals surface area contributed by atoms with E-state index in [0.717, 1.165) is 11.3 Å². The summed E-state index contributed by atoms with van der Waals surface area (Å²) in [6.45, 7) is 1.96. The van der Waals surface area contributed by atoms with Gasteiger partial charge in [-0.1, -0.05) is 29.8 Å².